The summed E-state index contributed by atoms with van der Waals surface area (Å²) in [6.45, 7) is 4.13. The van der Waals surface area contributed by atoms with Gasteiger partial charge in [-0.1, -0.05) is 6.08 Å². The minimum absolute atomic E-state index is 0.0279. The third-order valence-electron chi connectivity index (χ3n) is 3.86. The maximum atomic E-state index is 12.8. The minimum Gasteiger partial charge on any atom is -0.495 e. The average Bonchev–Trinajstić information content (AvgIpc) is 3.19. The summed E-state index contributed by atoms with van der Waals surface area (Å²) in [5.41, 5.74) is 0.0279. The Hall–Kier alpha value is -2.39. The molecule has 0 aromatic heterocycles. The maximum Gasteiger partial charge on any atom is 0.338 e. The van der Waals surface area contributed by atoms with Crippen LogP contribution in [0.5, 0.6) is 5.75 Å². The first-order valence-corrected chi connectivity index (χ1v) is 9.57. The highest BCUT2D eigenvalue weighted by Gasteiger charge is 2.30. The monoisotopic (exact) mass is 382 g/mol. The molecule has 0 radical (unpaired) electrons. The maximum absolute atomic E-state index is 12.8. The molecule has 0 saturated carbocycles. The summed E-state index contributed by atoms with van der Waals surface area (Å²) < 4.78 is 37.0. The fraction of sp³-hybridized carbons (Fsp3) is 0.412. The number of hydrogen-bond donors (Lipinski definition) is 1. The van der Waals surface area contributed by atoms with Crippen LogP contribution in [0.1, 0.15) is 23.2 Å². The fourth-order valence-electron chi connectivity index (χ4n) is 2.52. The van der Waals surface area contributed by atoms with E-state index in [9.17, 15) is 18.0 Å². The van der Waals surface area contributed by atoms with Gasteiger partial charge in [0.15, 0.2) is 6.61 Å². The summed E-state index contributed by atoms with van der Waals surface area (Å²) >= 11 is 0. The molecule has 26 heavy (non-hydrogen) atoms. The van der Waals surface area contributed by atoms with E-state index in [1.165, 1.54) is 35.7 Å². The molecule has 0 unspecified atom stereocenters. The molecular weight excluding hydrogens is 360 g/mol. The lowest BCUT2D eigenvalue weighted by Crippen LogP contribution is -2.29. The third-order valence-corrected chi connectivity index (χ3v) is 5.78. The Morgan fingerprint density at radius 2 is 2.00 bits per heavy atom. The van der Waals surface area contributed by atoms with E-state index in [2.05, 4.69) is 11.9 Å². The van der Waals surface area contributed by atoms with Gasteiger partial charge in [-0.3, -0.25) is 4.79 Å². The van der Waals surface area contributed by atoms with Crippen LogP contribution in [-0.2, 0) is 19.6 Å². The van der Waals surface area contributed by atoms with Crippen molar-refractivity contribution in [1.82, 2.24) is 9.62 Å². The predicted octanol–water partition coefficient (Wildman–Crippen LogP) is 0.939. The van der Waals surface area contributed by atoms with Crippen LogP contribution in [-0.4, -0.2) is 58.0 Å². The van der Waals surface area contributed by atoms with Crippen molar-refractivity contribution in [3.63, 3.8) is 0 Å². The van der Waals surface area contributed by atoms with Gasteiger partial charge in [-0.2, -0.15) is 4.31 Å². The largest absolute Gasteiger partial charge is 0.495 e. The zero-order chi connectivity index (χ0) is 19.2. The Labute approximate surface area is 152 Å². The van der Waals surface area contributed by atoms with Crippen LogP contribution < -0.4 is 10.1 Å². The molecular formula is C17H22N2O6S. The Morgan fingerprint density at radius 1 is 1.31 bits per heavy atom. The van der Waals surface area contributed by atoms with E-state index in [1.54, 1.807) is 0 Å². The van der Waals surface area contributed by atoms with Crippen molar-refractivity contribution in [2.45, 2.75) is 17.7 Å². The van der Waals surface area contributed by atoms with Gasteiger partial charge >= 0.3 is 5.97 Å². The van der Waals surface area contributed by atoms with Gasteiger partial charge in [0.2, 0.25) is 10.0 Å². The number of rotatable bonds is 8. The van der Waals surface area contributed by atoms with E-state index in [0.717, 1.165) is 12.8 Å². The molecule has 1 aromatic rings. The predicted molar refractivity (Wildman–Crippen MR) is 94.5 cm³/mol. The highest BCUT2D eigenvalue weighted by molar-refractivity contribution is 7.89. The number of esters is 1. The highest BCUT2D eigenvalue weighted by atomic mass is 32.2. The van der Waals surface area contributed by atoms with Crippen molar-refractivity contribution in [3.8, 4) is 5.75 Å². The quantitative estimate of drug-likeness (QED) is 0.530. The van der Waals surface area contributed by atoms with Crippen molar-refractivity contribution in [3.05, 3.63) is 36.4 Å². The van der Waals surface area contributed by atoms with Gasteiger partial charge < -0.3 is 14.8 Å². The lowest BCUT2D eigenvalue weighted by atomic mass is 10.2. The molecule has 1 amide bonds. The molecule has 2 rings (SSSR count). The van der Waals surface area contributed by atoms with Crippen LogP contribution in [0.2, 0.25) is 0 Å². The number of sulfonamides is 1. The lowest BCUT2D eigenvalue weighted by molar-refractivity contribution is -0.124. The summed E-state index contributed by atoms with van der Waals surface area (Å²) in [5.74, 6) is -1.12. The van der Waals surface area contributed by atoms with Crippen molar-refractivity contribution in [1.29, 1.82) is 0 Å². The third kappa shape index (κ3) is 4.61. The summed E-state index contributed by atoms with van der Waals surface area (Å²) in [5, 5.41) is 2.47. The van der Waals surface area contributed by atoms with Crippen molar-refractivity contribution < 1.29 is 27.5 Å². The molecule has 1 fully saturated rings. The number of amides is 1. The number of carbonyl (C=O) groups excluding carboxylic acids is 2. The van der Waals surface area contributed by atoms with Gasteiger partial charge in [0.1, 0.15) is 10.6 Å². The molecule has 0 aliphatic carbocycles. The first-order chi connectivity index (χ1) is 12.4. The van der Waals surface area contributed by atoms with Gasteiger partial charge in [-0.25, -0.2) is 13.2 Å². The zero-order valence-electron chi connectivity index (χ0n) is 14.6. The Morgan fingerprint density at radius 3 is 2.62 bits per heavy atom. The normalized spacial score (nSPS) is 14.7. The summed E-state index contributed by atoms with van der Waals surface area (Å²) in [7, 11) is -2.41. The minimum atomic E-state index is -3.77. The Bertz CT molecular complexity index is 784. The molecule has 8 nitrogen and oxygen atoms in total. The van der Waals surface area contributed by atoms with Gasteiger partial charge in [-0.15, -0.1) is 6.58 Å². The smallest absolute Gasteiger partial charge is 0.338 e. The molecule has 0 bridgehead atoms. The van der Waals surface area contributed by atoms with E-state index in [4.69, 9.17) is 9.47 Å². The van der Waals surface area contributed by atoms with E-state index >= 15 is 0 Å². The second-order valence-corrected chi connectivity index (χ2v) is 7.55. The molecule has 142 valence electrons. The van der Waals surface area contributed by atoms with Crippen molar-refractivity contribution in [2.75, 3.05) is 33.4 Å². The van der Waals surface area contributed by atoms with Crippen LogP contribution >= 0.6 is 0 Å². The first kappa shape index (κ1) is 19.9. The molecule has 1 N–H and O–H groups in total. The van der Waals surface area contributed by atoms with Crippen LogP contribution in [0, 0.1) is 0 Å². The second-order valence-electron chi connectivity index (χ2n) is 5.65. The molecule has 0 atom stereocenters. The summed E-state index contributed by atoms with van der Waals surface area (Å²) in [6.07, 6.45) is 3.09. The Balaban J connectivity index is 2.19. The molecule has 1 aliphatic heterocycles. The lowest BCUT2D eigenvalue weighted by Gasteiger charge is -2.18. The van der Waals surface area contributed by atoms with Crippen LogP contribution in [0.3, 0.4) is 0 Å². The first-order valence-electron chi connectivity index (χ1n) is 8.13. The standard InChI is InChI=1S/C17H22N2O6S/c1-3-8-18-16(20)12-25-17(21)13-6-7-14(24-2)15(11-13)26(22,23)19-9-4-5-10-19/h3,6-7,11H,1,4-5,8-10,12H2,2H3,(H,18,20). The second kappa shape index (κ2) is 8.81. The Kier molecular flexibility index (Phi) is 6.76. The van der Waals surface area contributed by atoms with E-state index in [0.29, 0.717) is 13.1 Å². The number of nitrogens with zero attached hydrogens (tertiary/aromatic N) is 1. The van der Waals surface area contributed by atoms with Crippen LogP contribution in [0.15, 0.2) is 35.7 Å². The van der Waals surface area contributed by atoms with Crippen LogP contribution in [0.4, 0.5) is 0 Å². The number of nitrogens with one attached hydrogen (secondary N) is 1. The number of hydrogen-bond acceptors (Lipinski definition) is 6. The van der Waals surface area contributed by atoms with Gasteiger partial charge in [0, 0.05) is 19.6 Å². The molecule has 1 heterocycles. The van der Waals surface area contributed by atoms with Crippen molar-refractivity contribution in [2.24, 2.45) is 0 Å². The highest BCUT2D eigenvalue weighted by Crippen LogP contribution is 2.30. The van der Waals surface area contributed by atoms with Crippen LogP contribution in [0.25, 0.3) is 0 Å². The van der Waals surface area contributed by atoms with Gasteiger partial charge in [-0.05, 0) is 31.0 Å². The van der Waals surface area contributed by atoms with E-state index < -0.39 is 28.5 Å². The average molecular weight is 382 g/mol. The number of benzene rings is 1. The molecule has 9 heteroatoms. The molecule has 0 spiro atoms. The molecule has 1 aromatic carbocycles. The van der Waals surface area contributed by atoms with Crippen molar-refractivity contribution >= 4 is 21.9 Å². The fourth-order valence-corrected chi connectivity index (χ4v) is 4.22. The van der Waals surface area contributed by atoms with E-state index in [1.807, 2.05) is 0 Å². The number of carbonyl (C=O) groups is 2. The number of ether oxygens (including phenoxy) is 2. The number of methoxy groups -OCH3 is 1. The van der Waals surface area contributed by atoms with Gasteiger partial charge in [0.25, 0.3) is 5.91 Å². The van der Waals surface area contributed by atoms with Gasteiger partial charge in [0.05, 0.1) is 12.7 Å². The zero-order valence-corrected chi connectivity index (χ0v) is 15.4. The summed E-state index contributed by atoms with van der Waals surface area (Å²) in [4.78, 5) is 23.5. The molecule has 1 aliphatic rings. The topological polar surface area (TPSA) is 102 Å². The summed E-state index contributed by atoms with van der Waals surface area (Å²) in [6, 6.07) is 4.01. The SMILES string of the molecule is C=CCNC(=O)COC(=O)c1ccc(OC)c(S(=O)(=O)N2CCCC2)c1. The van der Waals surface area contributed by atoms with E-state index in [-0.39, 0.29) is 22.8 Å². The molecule has 1 saturated heterocycles.